The highest BCUT2D eigenvalue weighted by molar-refractivity contribution is 14.1. The van der Waals surface area contributed by atoms with Gasteiger partial charge in [0.25, 0.3) is 0 Å². The van der Waals surface area contributed by atoms with Crippen molar-refractivity contribution in [2.75, 3.05) is 0 Å². The number of hydrogen-bond acceptors (Lipinski definition) is 2. The van der Waals surface area contributed by atoms with E-state index in [1.165, 1.54) is 0 Å². The molecule has 0 saturated heterocycles. The highest BCUT2D eigenvalue weighted by Gasteiger charge is 2.21. The van der Waals surface area contributed by atoms with Crippen LogP contribution in [0.15, 0.2) is 24.3 Å². The lowest BCUT2D eigenvalue weighted by molar-refractivity contribution is -0.141. The Morgan fingerprint density at radius 3 is 2.47 bits per heavy atom. The van der Waals surface area contributed by atoms with Crippen molar-refractivity contribution in [2.24, 2.45) is 5.92 Å². The quantitative estimate of drug-likeness (QED) is 0.751. The summed E-state index contributed by atoms with van der Waals surface area (Å²) in [7, 11) is 0. The van der Waals surface area contributed by atoms with Gasteiger partial charge in [-0.15, -0.1) is 0 Å². The number of benzene rings is 1. The molecule has 1 amide bonds. The van der Waals surface area contributed by atoms with Crippen LogP contribution in [-0.4, -0.2) is 23.0 Å². The Morgan fingerprint density at radius 1 is 1.32 bits per heavy atom. The lowest BCUT2D eigenvalue weighted by Gasteiger charge is -2.16. The molecular formula is C14H18INO3. The van der Waals surface area contributed by atoms with E-state index in [4.69, 9.17) is 0 Å². The molecule has 0 saturated carbocycles. The maximum Gasteiger partial charge on any atom is 0.326 e. The van der Waals surface area contributed by atoms with Gasteiger partial charge < -0.3 is 10.4 Å². The fraction of sp³-hybridized carbons (Fsp3) is 0.429. The van der Waals surface area contributed by atoms with Gasteiger partial charge >= 0.3 is 5.97 Å². The van der Waals surface area contributed by atoms with Gasteiger partial charge in [0, 0.05) is 16.4 Å². The van der Waals surface area contributed by atoms with Gasteiger partial charge in [0.05, 0.1) is 0 Å². The molecule has 1 atom stereocenters. The minimum atomic E-state index is -1.00. The maximum absolute atomic E-state index is 11.7. The van der Waals surface area contributed by atoms with Crippen molar-refractivity contribution in [2.45, 2.75) is 32.7 Å². The summed E-state index contributed by atoms with van der Waals surface area (Å²) in [4.78, 5) is 22.9. The third kappa shape index (κ3) is 5.59. The van der Waals surface area contributed by atoms with Gasteiger partial charge in [-0.05, 0) is 40.1 Å². The Morgan fingerprint density at radius 2 is 1.95 bits per heavy atom. The molecule has 0 aliphatic heterocycles. The smallest absolute Gasteiger partial charge is 0.326 e. The normalized spacial score (nSPS) is 12.2. The number of amides is 1. The Kier molecular flexibility index (Phi) is 6.27. The summed E-state index contributed by atoms with van der Waals surface area (Å²) in [5, 5.41) is 11.8. The molecule has 1 aromatic carbocycles. The van der Waals surface area contributed by atoms with E-state index in [-0.39, 0.29) is 11.8 Å². The van der Waals surface area contributed by atoms with Gasteiger partial charge in [-0.25, -0.2) is 4.79 Å². The van der Waals surface area contributed by atoms with Crippen LogP contribution in [0.5, 0.6) is 0 Å². The van der Waals surface area contributed by atoms with Gasteiger partial charge in [-0.1, -0.05) is 32.0 Å². The molecule has 0 aromatic heterocycles. The van der Waals surface area contributed by atoms with Gasteiger partial charge in [0.1, 0.15) is 6.04 Å². The maximum atomic E-state index is 11.7. The largest absolute Gasteiger partial charge is 0.480 e. The van der Waals surface area contributed by atoms with E-state index >= 15 is 0 Å². The summed E-state index contributed by atoms with van der Waals surface area (Å²) >= 11 is 2.17. The fourth-order valence-corrected chi connectivity index (χ4v) is 2.32. The molecule has 0 heterocycles. The monoisotopic (exact) mass is 375 g/mol. The lowest BCUT2D eigenvalue weighted by atomic mass is 10.0. The predicted octanol–water partition coefficient (Wildman–Crippen LogP) is 2.45. The van der Waals surface area contributed by atoms with Gasteiger partial charge in [-0.2, -0.15) is 0 Å². The fourth-order valence-electron chi connectivity index (χ4n) is 1.71. The zero-order valence-corrected chi connectivity index (χ0v) is 13.2. The Labute approximate surface area is 126 Å². The SMILES string of the molecule is CC(C)CC(=O)N[C@@H](Cc1ccccc1I)C(=O)O. The Hall–Kier alpha value is -1.11. The van der Waals surface area contributed by atoms with E-state index in [1.807, 2.05) is 38.1 Å². The van der Waals surface area contributed by atoms with Crippen LogP contribution in [-0.2, 0) is 16.0 Å². The first-order chi connectivity index (χ1) is 8.90. The second-order valence-corrected chi connectivity index (χ2v) is 6.01. The summed E-state index contributed by atoms with van der Waals surface area (Å²) in [5.74, 6) is -1.00. The van der Waals surface area contributed by atoms with Crippen molar-refractivity contribution in [3.63, 3.8) is 0 Å². The van der Waals surface area contributed by atoms with Crippen molar-refractivity contribution < 1.29 is 14.7 Å². The van der Waals surface area contributed by atoms with Crippen molar-refractivity contribution in [3.8, 4) is 0 Å². The molecule has 0 spiro atoms. The molecule has 19 heavy (non-hydrogen) atoms. The van der Waals surface area contributed by atoms with Crippen LogP contribution in [0.4, 0.5) is 0 Å². The summed E-state index contributed by atoms with van der Waals surface area (Å²) in [6.45, 7) is 3.85. The van der Waals surface area contributed by atoms with Crippen LogP contribution in [0, 0.1) is 9.49 Å². The average molecular weight is 375 g/mol. The molecule has 4 nitrogen and oxygen atoms in total. The van der Waals surface area contributed by atoms with Gasteiger partial charge in [-0.3, -0.25) is 4.79 Å². The van der Waals surface area contributed by atoms with E-state index in [2.05, 4.69) is 27.9 Å². The number of carbonyl (C=O) groups is 2. The first-order valence-electron chi connectivity index (χ1n) is 6.15. The second kappa shape index (κ2) is 7.47. The van der Waals surface area contributed by atoms with Crippen LogP contribution in [0.3, 0.4) is 0 Å². The number of hydrogen-bond donors (Lipinski definition) is 2. The molecule has 104 valence electrons. The van der Waals surface area contributed by atoms with E-state index in [9.17, 15) is 14.7 Å². The lowest BCUT2D eigenvalue weighted by Crippen LogP contribution is -2.42. The van der Waals surface area contributed by atoms with E-state index in [1.54, 1.807) is 0 Å². The van der Waals surface area contributed by atoms with Crippen molar-refractivity contribution in [3.05, 3.63) is 33.4 Å². The highest BCUT2D eigenvalue weighted by Crippen LogP contribution is 2.14. The van der Waals surface area contributed by atoms with Crippen molar-refractivity contribution >= 4 is 34.5 Å². The number of aliphatic carboxylic acids is 1. The first-order valence-corrected chi connectivity index (χ1v) is 7.23. The topological polar surface area (TPSA) is 66.4 Å². The zero-order chi connectivity index (χ0) is 14.4. The first kappa shape index (κ1) is 15.9. The summed E-state index contributed by atoms with van der Waals surface area (Å²) in [5.41, 5.74) is 0.931. The zero-order valence-electron chi connectivity index (χ0n) is 11.0. The number of carboxylic acids is 1. The van der Waals surface area contributed by atoms with Crippen molar-refractivity contribution in [1.82, 2.24) is 5.32 Å². The number of carboxylic acid groups (broad SMARTS) is 1. The Balaban J connectivity index is 2.71. The number of halogens is 1. The predicted molar refractivity (Wildman–Crippen MR) is 81.9 cm³/mol. The van der Waals surface area contributed by atoms with Gasteiger partial charge in [0.2, 0.25) is 5.91 Å². The second-order valence-electron chi connectivity index (χ2n) is 4.85. The molecule has 0 radical (unpaired) electrons. The molecule has 1 rings (SSSR count). The molecule has 0 fully saturated rings. The number of rotatable bonds is 6. The minimum Gasteiger partial charge on any atom is -0.480 e. The van der Waals surface area contributed by atoms with Crippen LogP contribution in [0.1, 0.15) is 25.8 Å². The summed E-state index contributed by atoms with van der Waals surface area (Å²) < 4.78 is 1.00. The van der Waals surface area contributed by atoms with E-state index < -0.39 is 12.0 Å². The molecule has 0 bridgehead atoms. The minimum absolute atomic E-state index is 0.214. The molecule has 0 unspecified atom stereocenters. The van der Waals surface area contributed by atoms with Crippen LogP contribution >= 0.6 is 22.6 Å². The van der Waals surface area contributed by atoms with Crippen LogP contribution in [0.2, 0.25) is 0 Å². The molecular weight excluding hydrogens is 357 g/mol. The third-order valence-electron chi connectivity index (χ3n) is 2.61. The van der Waals surface area contributed by atoms with E-state index in [0.717, 1.165) is 9.13 Å². The Bertz CT molecular complexity index is 460. The van der Waals surface area contributed by atoms with Crippen molar-refractivity contribution in [1.29, 1.82) is 0 Å². The highest BCUT2D eigenvalue weighted by atomic mass is 127. The van der Waals surface area contributed by atoms with Gasteiger partial charge in [0.15, 0.2) is 0 Å². The molecule has 0 aliphatic carbocycles. The molecule has 2 N–H and O–H groups in total. The molecule has 0 aliphatic rings. The molecule has 5 heteroatoms. The standard InChI is InChI=1S/C14H18INO3/c1-9(2)7-13(17)16-12(14(18)19)8-10-5-3-4-6-11(10)15/h3-6,9,12H,7-8H2,1-2H3,(H,16,17)(H,18,19)/t12-/m0/s1. The third-order valence-corrected chi connectivity index (χ3v) is 3.66. The summed E-state index contributed by atoms with van der Waals surface area (Å²) in [6, 6.07) is 6.70. The molecule has 1 aromatic rings. The average Bonchev–Trinajstić information content (AvgIpc) is 2.29. The van der Waals surface area contributed by atoms with E-state index in [0.29, 0.717) is 12.8 Å². The number of nitrogens with one attached hydrogen (secondary N) is 1. The van der Waals surface area contributed by atoms with Crippen LogP contribution in [0.25, 0.3) is 0 Å². The summed E-state index contributed by atoms with van der Waals surface area (Å²) in [6.07, 6.45) is 0.647. The van der Waals surface area contributed by atoms with Crippen LogP contribution < -0.4 is 5.32 Å². The number of carbonyl (C=O) groups excluding carboxylic acids is 1.